The average molecular weight is 359 g/mol. The molecular formula is C16H13N3O5S. The molecular weight excluding hydrogens is 346 g/mol. The number of carbonyl (C=O) groups is 1. The van der Waals surface area contributed by atoms with Gasteiger partial charge in [-0.3, -0.25) is 9.52 Å². The van der Waals surface area contributed by atoms with Crippen LogP contribution in [0.5, 0.6) is 5.75 Å². The molecule has 4 N–H and O–H groups in total. The Labute approximate surface area is 143 Å². The minimum absolute atomic E-state index is 0.195. The zero-order valence-corrected chi connectivity index (χ0v) is 13.5. The summed E-state index contributed by atoms with van der Waals surface area (Å²) in [5.41, 5.74) is 6.55. The second-order valence-electron chi connectivity index (χ2n) is 5.10. The molecule has 0 aliphatic rings. The van der Waals surface area contributed by atoms with Crippen molar-refractivity contribution in [2.24, 2.45) is 5.73 Å². The maximum atomic E-state index is 12.4. The van der Waals surface area contributed by atoms with Gasteiger partial charge in [-0.25, -0.2) is 13.4 Å². The second kappa shape index (κ2) is 6.29. The first-order chi connectivity index (χ1) is 11.9. The minimum atomic E-state index is -3.96. The minimum Gasteiger partial charge on any atom is -0.507 e. The van der Waals surface area contributed by atoms with Crippen LogP contribution in [0.2, 0.25) is 0 Å². The molecule has 3 rings (SSSR count). The Hall–Kier alpha value is -3.33. The lowest BCUT2D eigenvalue weighted by Gasteiger charge is -2.10. The van der Waals surface area contributed by atoms with Crippen molar-refractivity contribution in [3.63, 3.8) is 0 Å². The van der Waals surface area contributed by atoms with Crippen molar-refractivity contribution in [1.82, 2.24) is 4.98 Å². The number of sulfonamides is 1. The number of aromatic nitrogens is 1. The molecule has 3 aromatic rings. The first-order valence-corrected chi connectivity index (χ1v) is 8.49. The maximum Gasteiger partial charge on any atom is 0.261 e. The fourth-order valence-electron chi connectivity index (χ4n) is 2.16. The number of anilines is 1. The summed E-state index contributed by atoms with van der Waals surface area (Å²) in [5.74, 6) is -1.31. The summed E-state index contributed by atoms with van der Waals surface area (Å²) in [6.45, 7) is 0. The van der Waals surface area contributed by atoms with Gasteiger partial charge in [-0.2, -0.15) is 0 Å². The van der Waals surface area contributed by atoms with Crippen molar-refractivity contribution in [2.75, 3.05) is 4.72 Å². The molecule has 128 valence electrons. The third kappa shape index (κ3) is 3.45. The van der Waals surface area contributed by atoms with Crippen LogP contribution < -0.4 is 10.5 Å². The maximum absolute atomic E-state index is 12.4. The lowest BCUT2D eigenvalue weighted by atomic mass is 10.1. The Morgan fingerprint density at radius 2 is 1.88 bits per heavy atom. The molecule has 25 heavy (non-hydrogen) atoms. The van der Waals surface area contributed by atoms with Crippen molar-refractivity contribution in [3.8, 4) is 17.0 Å². The lowest BCUT2D eigenvalue weighted by molar-refractivity contribution is 0.0997. The average Bonchev–Trinajstić information content (AvgIpc) is 3.09. The van der Waals surface area contributed by atoms with Crippen molar-refractivity contribution < 1.29 is 22.7 Å². The fraction of sp³-hybridized carbons (Fsp3) is 0. The van der Waals surface area contributed by atoms with Gasteiger partial charge in [-0.1, -0.05) is 12.1 Å². The molecule has 0 saturated heterocycles. The fourth-order valence-corrected chi connectivity index (χ4v) is 3.24. The van der Waals surface area contributed by atoms with E-state index in [1.165, 1.54) is 18.7 Å². The monoisotopic (exact) mass is 359 g/mol. The summed E-state index contributed by atoms with van der Waals surface area (Å²) in [4.78, 5) is 15.0. The van der Waals surface area contributed by atoms with Gasteiger partial charge in [-0.05, 0) is 30.3 Å². The van der Waals surface area contributed by atoms with Crippen LogP contribution in [0.1, 0.15) is 10.4 Å². The van der Waals surface area contributed by atoms with E-state index in [1.54, 1.807) is 24.3 Å². The zero-order chi connectivity index (χ0) is 18.0. The van der Waals surface area contributed by atoms with Crippen LogP contribution in [0.3, 0.4) is 0 Å². The smallest absolute Gasteiger partial charge is 0.261 e. The van der Waals surface area contributed by atoms with Gasteiger partial charge in [0.05, 0.1) is 10.5 Å². The highest BCUT2D eigenvalue weighted by Crippen LogP contribution is 2.24. The van der Waals surface area contributed by atoms with Crippen LogP contribution in [0, 0.1) is 0 Å². The van der Waals surface area contributed by atoms with Gasteiger partial charge in [0.1, 0.15) is 17.7 Å². The molecule has 1 heterocycles. The van der Waals surface area contributed by atoms with Crippen molar-refractivity contribution in [3.05, 3.63) is 60.7 Å². The van der Waals surface area contributed by atoms with Crippen LogP contribution in [0.25, 0.3) is 11.3 Å². The van der Waals surface area contributed by atoms with E-state index in [9.17, 15) is 18.3 Å². The number of oxazole rings is 1. The molecule has 0 saturated carbocycles. The molecule has 9 heteroatoms. The predicted octanol–water partition coefficient (Wildman–Crippen LogP) is 1.95. The molecule has 0 radical (unpaired) electrons. The van der Waals surface area contributed by atoms with Gasteiger partial charge in [-0.15, -0.1) is 0 Å². The Bertz CT molecular complexity index is 1010. The van der Waals surface area contributed by atoms with Crippen LogP contribution >= 0.6 is 0 Å². The number of nitrogens with one attached hydrogen (secondary N) is 1. The summed E-state index contributed by atoms with van der Waals surface area (Å²) in [6, 6.07) is 9.79. The summed E-state index contributed by atoms with van der Waals surface area (Å²) >= 11 is 0. The van der Waals surface area contributed by atoms with E-state index < -0.39 is 15.9 Å². The first-order valence-electron chi connectivity index (χ1n) is 7.01. The van der Waals surface area contributed by atoms with Crippen molar-refractivity contribution in [1.29, 1.82) is 0 Å². The molecule has 0 aliphatic heterocycles. The number of rotatable bonds is 5. The zero-order valence-electron chi connectivity index (χ0n) is 12.7. The Morgan fingerprint density at radius 1 is 1.16 bits per heavy atom. The van der Waals surface area contributed by atoms with Crippen LogP contribution in [-0.2, 0) is 10.0 Å². The number of hydrogen-bond acceptors (Lipinski definition) is 6. The highest BCUT2D eigenvalue weighted by Gasteiger charge is 2.18. The highest BCUT2D eigenvalue weighted by atomic mass is 32.2. The lowest BCUT2D eigenvalue weighted by Crippen LogP contribution is -2.16. The number of benzene rings is 2. The topological polar surface area (TPSA) is 136 Å². The van der Waals surface area contributed by atoms with Crippen LogP contribution in [0.15, 0.2) is 64.4 Å². The summed E-state index contributed by atoms with van der Waals surface area (Å²) in [5, 5.41) is 9.55. The van der Waals surface area contributed by atoms with Crippen molar-refractivity contribution in [2.45, 2.75) is 4.90 Å². The van der Waals surface area contributed by atoms with E-state index in [0.717, 1.165) is 17.7 Å². The molecule has 1 aromatic heterocycles. The quantitative estimate of drug-likeness (QED) is 0.637. The molecule has 0 aliphatic carbocycles. The van der Waals surface area contributed by atoms with Crippen LogP contribution in [-0.4, -0.2) is 24.4 Å². The van der Waals surface area contributed by atoms with E-state index in [-0.39, 0.29) is 16.2 Å². The Morgan fingerprint density at radius 3 is 2.48 bits per heavy atom. The third-order valence-electron chi connectivity index (χ3n) is 3.41. The first kappa shape index (κ1) is 16.5. The second-order valence-corrected chi connectivity index (χ2v) is 6.78. The Kier molecular flexibility index (Phi) is 4.15. The summed E-state index contributed by atoms with van der Waals surface area (Å²) in [6.07, 6.45) is 2.77. The van der Waals surface area contributed by atoms with E-state index in [2.05, 4.69) is 9.71 Å². The molecule has 0 atom stereocenters. The number of primary amides is 1. The van der Waals surface area contributed by atoms with E-state index >= 15 is 0 Å². The van der Waals surface area contributed by atoms with Crippen LogP contribution in [0.4, 0.5) is 5.69 Å². The standard InChI is InChI=1S/C16H13N3O5S/c17-16(21)13-7-12(5-6-15(13)20)25(22,23)19-11-3-1-10(2-4-11)14-8-24-9-18-14/h1-9,19-20H,(H2,17,21). The molecule has 0 spiro atoms. The van der Waals surface area contributed by atoms with E-state index in [4.69, 9.17) is 10.2 Å². The summed E-state index contributed by atoms with van der Waals surface area (Å²) in [7, 11) is -3.96. The van der Waals surface area contributed by atoms with Gasteiger partial charge < -0.3 is 15.3 Å². The van der Waals surface area contributed by atoms with Crippen molar-refractivity contribution >= 4 is 21.6 Å². The molecule has 0 fully saturated rings. The van der Waals surface area contributed by atoms with Gasteiger partial charge in [0.15, 0.2) is 6.39 Å². The van der Waals surface area contributed by atoms with E-state index in [1.807, 2.05) is 0 Å². The van der Waals surface area contributed by atoms with Gasteiger partial charge in [0.25, 0.3) is 15.9 Å². The largest absolute Gasteiger partial charge is 0.507 e. The number of carbonyl (C=O) groups excluding carboxylic acids is 1. The third-order valence-corrected chi connectivity index (χ3v) is 4.79. The molecule has 1 amide bonds. The SMILES string of the molecule is NC(=O)c1cc(S(=O)(=O)Nc2ccc(-c3cocn3)cc2)ccc1O. The number of phenols is 1. The van der Waals surface area contributed by atoms with Gasteiger partial charge in [0, 0.05) is 11.3 Å². The number of amides is 1. The Balaban J connectivity index is 1.86. The molecule has 0 unspecified atom stereocenters. The normalized spacial score (nSPS) is 11.2. The van der Waals surface area contributed by atoms with E-state index in [0.29, 0.717) is 11.4 Å². The predicted molar refractivity (Wildman–Crippen MR) is 89.4 cm³/mol. The molecule has 8 nitrogen and oxygen atoms in total. The number of nitrogens with zero attached hydrogens (tertiary/aromatic N) is 1. The number of hydrogen-bond donors (Lipinski definition) is 3. The number of aromatic hydroxyl groups is 1. The number of nitrogens with two attached hydrogens (primary N) is 1. The van der Waals surface area contributed by atoms with Gasteiger partial charge in [0.2, 0.25) is 0 Å². The summed E-state index contributed by atoms with van der Waals surface area (Å²) < 4.78 is 32.1. The molecule has 2 aromatic carbocycles. The highest BCUT2D eigenvalue weighted by molar-refractivity contribution is 7.92. The molecule has 0 bridgehead atoms. The van der Waals surface area contributed by atoms with Gasteiger partial charge >= 0.3 is 0 Å².